The van der Waals surface area contributed by atoms with Gasteiger partial charge in [-0.1, -0.05) is 25.6 Å². The Labute approximate surface area is 129 Å². The smallest absolute Gasteiger partial charge is 0.257 e. The van der Waals surface area contributed by atoms with Crippen LogP contribution < -0.4 is 16.5 Å². The molecule has 1 saturated carbocycles. The fourth-order valence-corrected chi connectivity index (χ4v) is 3.15. The van der Waals surface area contributed by atoms with Gasteiger partial charge < -0.3 is 16.0 Å². The third-order valence-electron chi connectivity index (χ3n) is 4.43. The summed E-state index contributed by atoms with van der Waals surface area (Å²) in [5.41, 5.74) is 4.99. The molecule has 0 atom stereocenters. The first-order valence-electron chi connectivity index (χ1n) is 7.28. The van der Waals surface area contributed by atoms with Crippen LogP contribution in [0, 0.1) is 5.92 Å². The zero-order chi connectivity index (χ0) is 15.5. The molecule has 0 saturated heterocycles. The number of hydrogen-bond donors (Lipinski definition) is 3. The third-order valence-corrected chi connectivity index (χ3v) is 4.82. The Morgan fingerprint density at radius 1 is 1.52 bits per heavy atom. The van der Waals surface area contributed by atoms with Gasteiger partial charge in [0, 0.05) is 18.5 Å². The Morgan fingerprint density at radius 2 is 2.19 bits per heavy atom. The maximum Gasteiger partial charge on any atom is 0.257 e. The molecule has 0 aliphatic heterocycles. The van der Waals surface area contributed by atoms with E-state index in [0.717, 1.165) is 32.1 Å². The maximum atomic E-state index is 12.3. The van der Waals surface area contributed by atoms with Crippen molar-refractivity contribution in [2.75, 3.05) is 0 Å². The van der Waals surface area contributed by atoms with Gasteiger partial charge in [0.25, 0.3) is 5.91 Å². The summed E-state index contributed by atoms with van der Waals surface area (Å²) in [4.78, 5) is 27.1. The number of thiocarbonyl (C=S) groups is 1. The number of nitrogens with one attached hydrogen (secondary N) is 2. The number of amides is 1. The SMILES string of the molecule is CCC1CCC(NC(=O)c2c[nH]ccc2=O)(C(N)=S)CC1. The minimum Gasteiger partial charge on any atom is -0.391 e. The summed E-state index contributed by atoms with van der Waals surface area (Å²) < 4.78 is 0. The van der Waals surface area contributed by atoms with Crippen molar-refractivity contribution in [3.8, 4) is 0 Å². The lowest BCUT2D eigenvalue weighted by Crippen LogP contribution is -2.58. The molecule has 5 nitrogen and oxygen atoms in total. The number of carbonyl (C=O) groups is 1. The first kappa shape index (κ1) is 15.7. The van der Waals surface area contributed by atoms with E-state index in [2.05, 4.69) is 17.2 Å². The van der Waals surface area contributed by atoms with Crippen LogP contribution in [0.2, 0.25) is 0 Å². The monoisotopic (exact) mass is 307 g/mol. The number of rotatable bonds is 4. The summed E-state index contributed by atoms with van der Waals surface area (Å²) in [6, 6.07) is 1.33. The highest BCUT2D eigenvalue weighted by atomic mass is 32.1. The lowest BCUT2D eigenvalue weighted by Gasteiger charge is -2.39. The maximum absolute atomic E-state index is 12.3. The van der Waals surface area contributed by atoms with Gasteiger partial charge in [-0.2, -0.15) is 0 Å². The second-order valence-corrected chi connectivity index (χ2v) is 6.11. The molecule has 0 aromatic carbocycles. The van der Waals surface area contributed by atoms with Crippen molar-refractivity contribution >= 4 is 23.1 Å². The van der Waals surface area contributed by atoms with Crippen LogP contribution in [0.3, 0.4) is 0 Å². The zero-order valence-corrected chi connectivity index (χ0v) is 13.0. The molecule has 0 spiro atoms. The average Bonchev–Trinajstić information content (AvgIpc) is 2.48. The molecule has 21 heavy (non-hydrogen) atoms. The van der Waals surface area contributed by atoms with E-state index in [-0.39, 0.29) is 11.0 Å². The lowest BCUT2D eigenvalue weighted by atomic mass is 9.75. The first-order chi connectivity index (χ1) is 9.98. The van der Waals surface area contributed by atoms with E-state index in [1.54, 1.807) is 0 Å². The number of pyridine rings is 1. The fraction of sp³-hybridized carbons (Fsp3) is 0.533. The van der Waals surface area contributed by atoms with Crippen LogP contribution >= 0.6 is 12.2 Å². The van der Waals surface area contributed by atoms with Crippen LogP contribution in [0.25, 0.3) is 0 Å². The quantitative estimate of drug-likeness (QED) is 0.739. The van der Waals surface area contributed by atoms with Gasteiger partial charge in [0.05, 0.1) is 10.5 Å². The van der Waals surface area contributed by atoms with E-state index in [0.29, 0.717) is 10.9 Å². The molecule has 0 unspecified atom stereocenters. The van der Waals surface area contributed by atoms with Gasteiger partial charge in [0.15, 0.2) is 5.43 Å². The van der Waals surface area contributed by atoms with E-state index >= 15 is 0 Å². The normalized spacial score (nSPS) is 25.3. The third kappa shape index (κ3) is 3.32. The lowest BCUT2D eigenvalue weighted by molar-refractivity contribution is 0.0897. The van der Waals surface area contributed by atoms with Crippen molar-refractivity contribution in [2.45, 2.75) is 44.6 Å². The molecule has 0 radical (unpaired) electrons. The zero-order valence-electron chi connectivity index (χ0n) is 12.1. The van der Waals surface area contributed by atoms with Gasteiger partial charge >= 0.3 is 0 Å². The molecule has 1 heterocycles. The molecule has 2 rings (SSSR count). The van der Waals surface area contributed by atoms with E-state index in [9.17, 15) is 9.59 Å². The minimum atomic E-state index is -0.666. The summed E-state index contributed by atoms with van der Waals surface area (Å²) in [7, 11) is 0. The predicted molar refractivity (Wildman–Crippen MR) is 86.3 cm³/mol. The van der Waals surface area contributed by atoms with Gasteiger partial charge in [0.1, 0.15) is 5.56 Å². The Balaban J connectivity index is 2.18. The van der Waals surface area contributed by atoms with Crippen LogP contribution in [0.5, 0.6) is 0 Å². The van der Waals surface area contributed by atoms with Gasteiger partial charge in [-0.25, -0.2) is 0 Å². The summed E-state index contributed by atoms with van der Waals surface area (Å²) >= 11 is 5.18. The number of hydrogen-bond acceptors (Lipinski definition) is 3. The first-order valence-corrected chi connectivity index (χ1v) is 7.69. The highest BCUT2D eigenvalue weighted by Gasteiger charge is 2.39. The molecule has 4 N–H and O–H groups in total. The minimum absolute atomic E-state index is 0.0886. The van der Waals surface area contributed by atoms with Crippen molar-refractivity contribution in [3.05, 3.63) is 34.2 Å². The molecule has 1 aliphatic rings. The number of aromatic nitrogens is 1. The van der Waals surface area contributed by atoms with Gasteiger partial charge in [-0.15, -0.1) is 0 Å². The molecule has 1 fully saturated rings. The van der Waals surface area contributed by atoms with Crippen molar-refractivity contribution in [1.82, 2.24) is 10.3 Å². The van der Waals surface area contributed by atoms with Crippen molar-refractivity contribution in [2.24, 2.45) is 11.7 Å². The number of aromatic amines is 1. The molecular weight excluding hydrogens is 286 g/mol. The van der Waals surface area contributed by atoms with Crippen molar-refractivity contribution < 1.29 is 4.79 Å². The summed E-state index contributed by atoms with van der Waals surface area (Å²) in [6.45, 7) is 2.17. The summed E-state index contributed by atoms with van der Waals surface area (Å²) in [5.74, 6) is 0.240. The largest absolute Gasteiger partial charge is 0.391 e. The Bertz CT molecular complexity index is 589. The number of nitrogens with two attached hydrogens (primary N) is 1. The van der Waals surface area contributed by atoms with E-state index in [4.69, 9.17) is 18.0 Å². The van der Waals surface area contributed by atoms with Crippen molar-refractivity contribution in [1.29, 1.82) is 0 Å². The van der Waals surface area contributed by atoms with E-state index < -0.39 is 11.4 Å². The van der Waals surface area contributed by atoms with Gasteiger partial charge in [0.2, 0.25) is 0 Å². The molecule has 1 aromatic rings. The topological polar surface area (TPSA) is 88.0 Å². The van der Waals surface area contributed by atoms with Crippen LogP contribution in [0.15, 0.2) is 23.3 Å². The van der Waals surface area contributed by atoms with E-state index in [1.807, 2.05) is 0 Å². The molecule has 114 valence electrons. The van der Waals surface area contributed by atoms with Gasteiger partial charge in [-0.05, 0) is 31.6 Å². The van der Waals surface area contributed by atoms with Crippen molar-refractivity contribution in [3.63, 3.8) is 0 Å². The molecule has 0 bridgehead atoms. The Hall–Kier alpha value is -1.69. The Morgan fingerprint density at radius 3 is 2.71 bits per heavy atom. The Kier molecular flexibility index (Phi) is 4.77. The fourth-order valence-electron chi connectivity index (χ4n) is 2.89. The molecule has 6 heteroatoms. The second-order valence-electron chi connectivity index (χ2n) is 5.67. The number of carbonyl (C=O) groups excluding carboxylic acids is 1. The van der Waals surface area contributed by atoms with E-state index in [1.165, 1.54) is 18.5 Å². The molecular formula is C15H21N3O2S. The molecule has 1 aliphatic carbocycles. The predicted octanol–water partition coefficient (Wildman–Crippen LogP) is 1.73. The molecule has 1 aromatic heterocycles. The van der Waals surface area contributed by atoms with Gasteiger partial charge in [-0.3, -0.25) is 9.59 Å². The second kappa shape index (κ2) is 6.39. The highest BCUT2D eigenvalue weighted by Crippen LogP contribution is 2.34. The highest BCUT2D eigenvalue weighted by molar-refractivity contribution is 7.80. The van der Waals surface area contributed by atoms with Crippen LogP contribution in [0.4, 0.5) is 0 Å². The summed E-state index contributed by atoms with van der Waals surface area (Å²) in [5, 5.41) is 2.91. The molecule has 1 amide bonds. The van der Waals surface area contributed by atoms with Crippen LogP contribution in [0.1, 0.15) is 49.4 Å². The van der Waals surface area contributed by atoms with Crippen LogP contribution in [-0.4, -0.2) is 21.4 Å². The standard InChI is InChI=1S/C15H21N3O2S/c1-2-10-3-6-15(7-4-10,14(16)21)18-13(20)11-9-17-8-5-12(11)19/h5,8-10H,2-4,6-7H2,1H3,(H2,16,21)(H,17,19)(H,18,20). The summed E-state index contributed by atoms with van der Waals surface area (Å²) in [6.07, 6.45) is 7.46. The average molecular weight is 307 g/mol. The number of H-pyrrole nitrogens is 1. The van der Waals surface area contributed by atoms with Crippen LogP contribution in [-0.2, 0) is 0 Å².